The number of nitrogens with zero attached hydrogens (tertiary/aromatic N) is 3. The summed E-state index contributed by atoms with van der Waals surface area (Å²) < 4.78 is 7.16. The molecule has 0 saturated heterocycles. The highest BCUT2D eigenvalue weighted by molar-refractivity contribution is 7.99. The summed E-state index contributed by atoms with van der Waals surface area (Å²) in [4.78, 5) is 10.9. The molecule has 0 aliphatic carbocycles. The number of carbonyl (C=O) groups excluding carboxylic acids is 1. The normalized spacial score (nSPS) is 10.5. The molecule has 106 valence electrons. The standard InChI is InChI=1S/C13H16N4O2S/c1-3-17-12(9-5-4-6-10(7-9)19-2)15-16-13(17)20-8-11(14)18/h4-7H,3,8H2,1-2H3,(H2,14,18). The highest BCUT2D eigenvalue weighted by atomic mass is 32.2. The van der Waals surface area contributed by atoms with E-state index < -0.39 is 0 Å². The summed E-state index contributed by atoms with van der Waals surface area (Å²) in [6.45, 7) is 2.71. The first-order valence-electron chi connectivity index (χ1n) is 6.14. The number of methoxy groups -OCH3 is 1. The number of amides is 1. The van der Waals surface area contributed by atoms with Crippen LogP contribution in [0.1, 0.15) is 6.92 Å². The minimum atomic E-state index is -0.372. The predicted molar refractivity (Wildman–Crippen MR) is 77.6 cm³/mol. The van der Waals surface area contributed by atoms with E-state index in [9.17, 15) is 4.79 Å². The Hall–Kier alpha value is -2.02. The summed E-state index contributed by atoms with van der Waals surface area (Å²) in [6, 6.07) is 7.62. The Labute approximate surface area is 121 Å². The molecule has 6 nitrogen and oxygen atoms in total. The third kappa shape index (κ3) is 3.11. The van der Waals surface area contributed by atoms with Crippen LogP contribution in [0.5, 0.6) is 5.75 Å². The van der Waals surface area contributed by atoms with E-state index in [-0.39, 0.29) is 11.7 Å². The van der Waals surface area contributed by atoms with Crippen LogP contribution >= 0.6 is 11.8 Å². The molecule has 7 heteroatoms. The maximum absolute atomic E-state index is 10.9. The zero-order valence-electron chi connectivity index (χ0n) is 11.4. The van der Waals surface area contributed by atoms with Crippen molar-refractivity contribution in [2.75, 3.05) is 12.9 Å². The molecule has 0 saturated carbocycles. The highest BCUT2D eigenvalue weighted by Crippen LogP contribution is 2.26. The molecular formula is C13H16N4O2S. The average Bonchev–Trinajstić information content (AvgIpc) is 2.88. The van der Waals surface area contributed by atoms with E-state index in [2.05, 4.69) is 10.2 Å². The van der Waals surface area contributed by atoms with Crippen LogP contribution in [-0.4, -0.2) is 33.5 Å². The lowest BCUT2D eigenvalue weighted by atomic mass is 10.2. The number of nitrogens with two attached hydrogens (primary N) is 1. The summed E-state index contributed by atoms with van der Waals surface area (Å²) in [7, 11) is 1.62. The van der Waals surface area contributed by atoms with Gasteiger partial charge in [-0.3, -0.25) is 4.79 Å². The Balaban J connectivity index is 2.34. The van der Waals surface area contributed by atoms with Gasteiger partial charge in [-0.2, -0.15) is 0 Å². The molecule has 1 heterocycles. The van der Waals surface area contributed by atoms with Crippen molar-refractivity contribution in [3.63, 3.8) is 0 Å². The molecule has 1 aromatic heterocycles. The Morgan fingerprint density at radius 2 is 2.25 bits per heavy atom. The first-order valence-corrected chi connectivity index (χ1v) is 7.13. The van der Waals surface area contributed by atoms with Gasteiger partial charge in [0.2, 0.25) is 5.91 Å². The van der Waals surface area contributed by atoms with Gasteiger partial charge >= 0.3 is 0 Å². The summed E-state index contributed by atoms with van der Waals surface area (Å²) in [6.07, 6.45) is 0. The van der Waals surface area contributed by atoms with Crippen LogP contribution in [0, 0.1) is 0 Å². The van der Waals surface area contributed by atoms with Crippen molar-refractivity contribution in [1.82, 2.24) is 14.8 Å². The maximum Gasteiger partial charge on any atom is 0.227 e. The van der Waals surface area contributed by atoms with E-state index in [1.165, 1.54) is 11.8 Å². The SMILES string of the molecule is CCn1c(SCC(N)=O)nnc1-c1cccc(OC)c1. The molecule has 0 radical (unpaired) electrons. The highest BCUT2D eigenvalue weighted by Gasteiger charge is 2.14. The summed E-state index contributed by atoms with van der Waals surface area (Å²) in [5.74, 6) is 1.33. The van der Waals surface area contributed by atoms with E-state index in [4.69, 9.17) is 10.5 Å². The Bertz CT molecular complexity index is 612. The lowest BCUT2D eigenvalue weighted by Gasteiger charge is -2.07. The third-order valence-corrected chi connectivity index (χ3v) is 3.69. The zero-order valence-corrected chi connectivity index (χ0v) is 12.2. The molecular weight excluding hydrogens is 276 g/mol. The van der Waals surface area contributed by atoms with E-state index in [0.717, 1.165) is 17.1 Å². The first kappa shape index (κ1) is 14.4. The van der Waals surface area contributed by atoms with Crippen LogP contribution in [0.25, 0.3) is 11.4 Å². The number of benzene rings is 1. The summed E-state index contributed by atoms with van der Waals surface area (Å²) in [5, 5.41) is 9.00. The van der Waals surface area contributed by atoms with Gasteiger partial charge in [-0.05, 0) is 19.1 Å². The molecule has 0 aliphatic heterocycles. The smallest absolute Gasteiger partial charge is 0.227 e. The van der Waals surface area contributed by atoms with Gasteiger partial charge in [0.05, 0.1) is 12.9 Å². The molecule has 20 heavy (non-hydrogen) atoms. The average molecular weight is 292 g/mol. The molecule has 0 spiro atoms. The van der Waals surface area contributed by atoms with Gasteiger partial charge in [0.25, 0.3) is 0 Å². The fourth-order valence-corrected chi connectivity index (χ4v) is 2.53. The van der Waals surface area contributed by atoms with Crippen molar-refractivity contribution >= 4 is 17.7 Å². The first-order chi connectivity index (χ1) is 9.65. The minimum absolute atomic E-state index is 0.191. The van der Waals surface area contributed by atoms with Crippen molar-refractivity contribution < 1.29 is 9.53 Å². The molecule has 2 rings (SSSR count). The number of primary amides is 1. The predicted octanol–water partition coefficient (Wildman–Crippen LogP) is 1.55. The van der Waals surface area contributed by atoms with Crippen molar-refractivity contribution in [3.05, 3.63) is 24.3 Å². The molecule has 0 aliphatic rings. The number of carbonyl (C=O) groups is 1. The molecule has 0 atom stereocenters. The zero-order chi connectivity index (χ0) is 14.5. The van der Waals surface area contributed by atoms with Crippen molar-refractivity contribution in [1.29, 1.82) is 0 Å². The van der Waals surface area contributed by atoms with E-state index >= 15 is 0 Å². The van der Waals surface area contributed by atoms with Gasteiger partial charge in [0, 0.05) is 12.1 Å². The topological polar surface area (TPSA) is 83.0 Å². The van der Waals surface area contributed by atoms with E-state index in [0.29, 0.717) is 11.7 Å². The van der Waals surface area contributed by atoms with E-state index in [1.54, 1.807) is 7.11 Å². The van der Waals surface area contributed by atoms with Gasteiger partial charge in [-0.25, -0.2) is 0 Å². The van der Waals surface area contributed by atoms with Crippen LogP contribution < -0.4 is 10.5 Å². The second-order valence-corrected chi connectivity index (χ2v) is 4.98. The molecule has 0 bridgehead atoms. The van der Waals surface area contributed by atoms with Gasteiger partial charge in [-0.15, -0.1) is 10.2 Å². The number of ether oxygens (including phenoxy) is 1. The summed E-state index contributed by atoms with van der Waals surface area (Å²) in [5.41, 5.74) is 6.07. The van der Waals surface area contributed by atoms with Gasteiger partial charge in [0.15, 0.2) is 11.0 Å². The Kier molecular flexibility index (Phi) is 4.62. The van der Waals surface area contributed by atoms with Crippen LogP contribution in [0.15, 0.2) is 29.4 Å². The van der Waals surface area contributed by atoms with Gasteiger partial charge in [0.1, 0.15) is 5.75 Å². The lowest BCUT2D eigenvalue weighted by molar-refractivity contribution is -0.115. The third-order valence-electron chi connectivity index (χ3n) is 2.70. The van der Waals surface area contributed by atoms with Crippen LogP contribution in [-0.2, 0) is 11.3 Å². The quantitative estimate of drug-likeness (QED) is 0.817. The van der Waals surface area contributed by atoms with Gasteiger partial charge in [-0.1, -0.05) is 23.9 Å². The minimum Gasteiger partial charge on any atom is -0.497 e. The van der Waals surface area contributed by atoms with E-state index in [1.807, 2.05) is 35.8 Å². The van der Waals surface area contributed by atoms with Crippen molar-refractivity contribution in [2.24, 2.45) is 5.73 Å². The fraction of sp³-hybridized carbons (Fsp3) is 0.308. The molecule has 1 amide bonds. The maximum atomic E-state index is 10.9. The number of aromatic nitrogens is 3. The molecule has 2 aromatic rings. The number of hydrogen-bond acceptors (Lipinski definition) is 5. The number of rotatable bonds is 6. The molecule has 0 fully saturated rings. The number of thioether (sulfide) groups is 1. The van der Waals surface area contributed by atoms with Crippen molar-refractivity contribution in [3.8, 4) is 17.1 Å². The molecule has 0 unspecified atom stereocenters. The monoisotopic (exact) mass is 292 g/mol. The second kappa shape index (κ2) is 6.42. The van der Waals surface area contributed by atoms with Crippen LogP contribution in [0.3, 0.4) is 0 Å². The Morgan fingerprint density at radius 3 is 2.90 bits per heavy atom. The summed E-state index contributed by atoms with van der Waals surface area (Å²) >= 11 is 1.29. The van der Waals surface area contributed by atoms with Crippen LogP contribution in [0.2, 0.25) is 0 Å². The molecule has 1 aromatic carbocycles. The van der Waals surface area contributed by atoms with Crippen molar-refractivity contribution in [2.45, 2.75) is 18.6 Å². The number of hydrogen-bond donors (Lipinski definition) is 1. The fourth-order valence-electron chi connectivity index (χ4n) is 1.79. The molecule has 2 N–H and O–H groups in total. The second-order valence-electron chi connectivity index (χ2n) is 4.04. The lowest BCUT2D eigenvalue weighted by Crippen LogP contribution is -2.13. The largest absolute Gasteiger partial charge is 0.497 e. The van der Waals surface area contributed by atoms with Gasteiger partial charge < -0.3 is 15.0 Å². The van der Waals surface area contributed by atoms with Crippen LogP contribution in [0.4, 0.5) is 0 Å². The Morgan fingerprint density at radius 1 is 1.45 bits per heavy atom.